The molecule has 1 fully saturated rings. The number of Topliss-reactive ketones (excluding diaryl/α,β-unsaturated/α-hetero) is 1. The topological polar surface area (TPSA) is 107 Å². The number of fused-ring (bicyclic) bond motifs is 3. The number of esters is 1. The molecule has 1 saturated heterocycles. The fraction of sp³-hybridized carbons (Fsp3) is 0.188. The third-order valence-corrected chi connectivity index (χ3v) is 8.17. The van der Waals surface area contributed by atoms with E-state index in [1.54, 1.807) is 6.07 Å². The first kappa shape index (κ1) is 26.6. The van der Waals surface area contributed by atoms with Gasteiger partial charge in [-0.1, -0.05) is 48.2 Å². The second-order valence-electron chi connectivity index (χ2n) is 10.1. The van der Waals surface area contributed by atoms with Crippen molar-refractivity contribution in [2.24, 2.45) is 0 Å². The number of aryl methyl sites for hydroxylation is 2. The van der Waals surface area contributed by atoms with Gasteiger partial charge in [0.1, 0.15) is 5.25 Å². The summed E-state index contributed by atoms with van der Waals surface area (Å²) in [7, 11) is 0. The molecule has 2 heterocycles. The van der Waals surface area contributed by atoms with Crippen molar-refractivity contribution in [2.45, 2.75) is 37.1 Å². The van der Waals surface area contributed by atoms with Gasteiger partial charge in [-0.25, -0.2) is 19.7 Å². The maximum atomic E-state index is 13.1. The van der Waals surface area contributed by atoms with Crippen LogP contribution in [0.15, 0.2) is 78.0 Å². The van der Waals surface area contributed by atoms with Crippen LogP contribution in [0.25, 0.3) is 11.1 Å². The minimum absolute atomic E-state index is 0.0283. The molecule has 1 aliphatic carbocycles. The second-order valence-corrected chi connectivity index (χ2v) is 11.2. The van der Waals surface area contributed by atoms with Gasteiger partial charge in [0.25, 0.3) is 0 Å². The van der Waals surface area contributed by atoms with Gasteiger partial charge in [0.05, 0.1) is 11.3 Å². The second kappa shape index (κ2) is 10.7. The number of amides is 2. The zero-order chi connectivity index (χ0) is 28.7. The van der Waals surface area contributed by atoms with Crippen LogP contribution >= 0.6 is 11.8 Å². The Bertz CT molecular complexity index is 1710. The number of aromatic nitrogens is 2. The first-order valence-corrected chi connectivity index (χ1v) is 14.0. The molecule has 0 N–H and O–H groups in total. The van der Waals surface area contributed by atoms with Crippen molar-refractivity contribution >= 4 is 41.0 Å². The van der Waals surface area contributed by atoms with Crippen LogP contribution in [0.4, 0.5) is 5.69 Å². The lowest BCUT2D eigenvalue weighted by Crippen LogP contribution is -2.31. The number of thioether (sulfide) groups is 1. The number of anilines is 1. The maximum Gasteiger partial charge on any atom is 0.338 e. The van der Waals surface area contributed by atoms with E-state index in [0.29, 0.717) is 16.4 Å². The smallest absolute Gasteiger partial charge is 0.338 e. The van der Waals surface area contributed by atoms with Gasteiger partial charge in [-0.15, -0.1) is 0 Å². The van der Waals surface area contributed by atoms with Crippen molar-refractivity contribution in [1.82, 2.24) is 9.97 Å². The SMILES string of the molecule is Cc1cc(C)nc(SC2CC(=O)N(c3ccc(C(=O)OCC(=O)c4ccc5c(c4)Cc4ccccc4-5)cc3)C2=O)n1. The monoisotopic (exact) mass is 563 g/mol. The van der Waals surface area contributed by atoms with Gasteiger partial charge < -0.3 is 4.74 Å². The summed E-state index contributed by atoms with van der Waals surface area (Å²) in [4.78, 5) is 61.0. The van der Waals surface area contributed by atoms with Crippen LogP contribution < -0.4 is 4.90 Å². The van der Waals surface area contributed by atoms with E-state index < -0.39 is 17.8 Å². The molecule has 8 nitrogen and oxygen atoms in total. The molecule has 204 valence electrons. The van der Waals surface area contributed by atoms with Crippen LogP contribution in [-0.4, -0.2) is 45.4 Å². The number of ketones is 1. The number of ether oxygens (including phenoxy) is 1. The molecule has 0 spiro atoms. The van der Waals surface area contributed by atoms with E-state index in [2.05, 4.69) is 22.1 Å². The molecular weight excluding hydrogens is 538 g/mol. The Morgan fingerprint density at radius 3 is 2.32 bits per heavy atom. The van der Waals surface area contributed by atoms with Crippen molar-refractivity contribution in [3.8, 4) is 11.1 Å². The number of carbonyl (C=O) groups is 4. The van der Waals surface area contributed by atoms with Crippen LogP contribution in [0.3, 0.4) is 0 Å². The van der Waals surface area contributed by atoms with Gasteiger partial charge in [0.15, 0.2) is 17.5 Å². The predicted octanol–water partition coefficient (Wildman–Crippen LogP) is 5.13. The molecule has 1 atom stereocenters. The molecule has 1 aromatic heterocycles. The fourth-order valence-electron chi connectivity index (χ4n) is 5.20. The van der Waals surface area contributed by atoms with Gasteiger partial charge in [0, 0.05) is 23.4 Å². The summed E-state index contributed by atoms with van der Waals surface area (Å²) in [5.74, 6) is -1.66. The lowest BCUT2D eigenvalue weighted by molar-refractivity contribution is -0.121. The molecule has 0 bridgehead atoms. The van der Waals surface area contributed by atoms with E-state index in [4.69, 9.17) is 4.74 Å². The van der Waals surface area contributed by atoms with Crippen LogP contribution in [0.5, 0.6) is 0 Å². The van der Waals surface area contributed by atoms with Crippen molar-refractivity contribution in [2.75, 3.05) is 11.5 Å². The first-order chi connectivity index (χ1) is 19.8. The third kappa shape index (κ3) is 5.28. The van der Waals surface area contributed by atoms with Crippen LogP contribution in [0.1, 0.15) is 49.7 Å². The molecule has 0 radical (unpaired) electrons. The Hall–Kier alpha value is -4.63. The largest absolute Gasteiger partial charge is 0.454 e. The zero-order valence-electron chi connectivity index (χ0n) is 22.4. The summed E-state index contributed by atoms with van der Waals surface area (Å²) >= 11 is 1.17. The summed E-state index contributed by atoms with van der Waals surface area (Å²) in [6.07, 6.45) is 0.792. The van der Waals surface area contributed by atoms with Gasteiger partial charge in [-0.3, -0.25) is 14.4 Å². The highest BCUT2D eigenvalue weighted by molar-refractivity contribution is 8.00. The molecule has 6 rings (SSSR count). The molecular formula is C32H25N3O5S. The van der Waals surface area contributed by atoms with E-state index in [1.807, 2.05) is 44.2 Å². The molecule has 2 aliphatic rings. The minimum atomic E-state index is -0.669. The number of hydrogen-bond donors (Lipinski definition) is 0. The average molecular weight is 564 g/mol. The van der Waals surface area contributed by atoms with Crippen molar-refractivity contribution in [3.05, 3.63) is 106 Å². The molecule has 1 unspecified atom stereocenters. The molecule has 1 aliphatic heterocycles. The van der Waals surface area contributed by atoms with Crippen molar-refractivity contribution < 1.29 is 23.9 Å². The standard InChI is InChI=1S/C32H25N3O5S/c1-18-13-19(2)34-32(33-18)41-28-16-29(37)35(30(28)38)24-10-7-20(8-11-24)31(39)40-17-27(36)22-9-12-26-23(15-22)14-21-5-3-4-6-25(21)26/h3-13,15,28H,14,16-17H2,1-2H3. The number of hydrogen-bond acceptors (Lipinski definition) is 8. The molecule has 2 amide bonds. The Balaban J connectivity index is 1.07. The first-order valence-electron chi connectivity index (χ1n) is 13.1. The number of benzene rings is 3. The van der Waals surface area contributed by atoms with Crippen LogP contribution in [-0.2, 0) is 20.7 Å². The summed E-state index contributed by atoms with van der Waals surface area (Å²) in [6, 6.07) is 21.5. The molecule has 41 heavy (non-hydrogen) atoms. The Kier molecular flexibility index (Phi) is 6.96. The van der Waals surface area contributed by atoms with Gasteiger partial charge >= 0.3 is 5.97 Å². The van der Waals surface area contributed by atoms with Gasteiger partial charge in [0.2, 0.25) is 11.8 Å². The molecule has 0 saturated carbocycles. The number of nitrogens with zero attached hydrogens (tertiary/aromatic N) is 3. The van der Waals surface area contributed by atoms with Gasteiger partial charge in [-0.05, 0) is 78.9 Å². The van der Waals surface area contributed by atoms with E-state index in [-0.39, 0.29) is 29.6 Å². The number of imide groups is 1. The number of carbonyl (C=O) groups excluding carboxylic acids is 4. The molecule has 3 aromatic carbocycles. The van der Waals surface area contributed by atoms with Crippen molar-refractivity contribution in [1.29, 1.82) is 0 Å². The van der Waals surface area contributed by atoms with E-state index in [9.17, 15) is 19.2 Å². The van der Waals surface area contributed by atoms with Crippen LogP contribution in [0.2, 0.25) is 0 Å². The zero-order valence-corrected chi connectivity index (χ0v) is 23.2. The number of rotatable bonds is 7. The van der Waals surface area contributed by atoms with Crippen LogP contribution in [0, 0.1) is 13.8 Å². The summed E-state index contributed by atoms with van der Waals surface area (Å²) in [5.41, 5.74) is 7.23. The summed E-state index contributed by atoms with van der Waals surface area (Å²) in [5, 5.41) is -0.180. The van der Waals surface area contributed by atoms with E-state index in [1.165, 1.54) is 47.2 Å². The minimum Gasteiger partial charge on any atom is -0.454 e. The van der Waals surface area contributed by atoms with E-state index in [0.717, 1.165) is 33.8 Å². The Morgan fingerprint density at radius 2 is 1.56 bits per heavy atom. The highest BCUT2D eigenvalue weighted by Crippen LogP contribution is 2.37. The predicted molar refractivity (Wildman–Crippen MR) is 154 cm³/mol. The fourth-order valence-corrected chi connectivity index (χ4v) is 6.28. The summed E-state index contributed by atoms with van der Waals surface area (Å²) in [6.45, 7) is 3.30. The average Bonchev–Trinajstić information content (AvgIpc) is 3.46. The van der Waals surface area contributed by atoms with Crippen molar-refractivity contribution in [3.63, 3.8) is 0 Å². The summed E-state index contributed by atoms with van der Waals surface area (Å²) < 4.78 is 5.28. The Morgan fingerprint density at radius 1 is 0.878 bits per heavy atom. The van der Waals surface area contributed by atoms with E-state index >= 15 is 0 Å². The molecule has 9 heteroatoms. The third-order valence-electron chi connectivity index (χ3n) is 7.13. The highest BCUT2D eigenvalue weighted by atomic mass is 32.2. The normalized spacial score (nSPS) is 15.6. The maximum absolute atomic E-state index is 13.1. The van der Waals surface area contributed by atoms with Gasteiger partial charge in [-0.2, -0.15) is 0 Å². The molecule has 4 aromatic rings. The lowest BCUT2D eigenvalue weighted by atomic mass is 10.0. The Labute approximate surface area is 240 Å². The highest BCUT2D eigenvalue weighted by Gasteiger charge is 2.40. The lowest BCUT2D eigenvalue weighted by Gasteiger charge is -2.15. The quantitative estimate of drug-likeness (QED) is 0.116.